The largest absolute Gasteiger partial charge is 0.464 e. The molecule has 0 bridgehead atoms. The van der Waals surface area contributed by atoms with Crippen LogP contribution in [0.2, 0.25) is 0 Å². The summed E-state index contributed by atoms with van der Waals surface area (Å²) in [7, 11) is 3.96. The molecule has 4 heterocycles. The number of aryl methyl sites for hydroxylation is 1. The fraction of sp³-hybridized carbons (Fsp3) is 0.500. The summed E-state index contributed by atoms with van der Waals surface area (Å²) in [6.07, 6.45) is 6.25. The van der Waals surface area contributed by atoms with Crippen LogP contribution >= 0.6 is 0 Å². The summed E-state index contributed by atoms with van der Waals surface area (Å²) in [6.45, 7) is 7.92. The topological polar surface area (TPSA) is 62.6 Å². The Morgan fingerprint density at radius 1 is 1.19 bits per heavy atom. The van der Waals surface area contributed by atoms with Gasteiger partial charge in [0.05, 0.1) is 11.3 Å². The van der Waals surface area contributed by atoms with Gasteiger partial charge in [0.1, 0.15) is 18.1 Å². The predicted octanol–water partition coefficient (Wildman–Crippen LogP) is 4.45. The Bertz CT molecular complexity index is 1260. The lowest BCUT2D eigenvalue weighted by atomic mass is 9.96. The van der Waals surface area contributed by atoms with E-state index in [0.717, 1.165) is 72.4 Å². The minimum Gasteiger partial charge on any atom is -0.464 e. The average molecular weight is 494 g/mol. The minimum atomic E-state index is -0.219. The third-order valence-corrected chi connectivity index (χ3v) is 7.70. The summed E-state index contributed by atoms with van der Waals surface area (Å²) in [5.74, 6) is -0.345. The van der Waals surface area contributed by atoms with Crippen molar-refractivity contribution < 1.29 is 13.9 Å². The van der Waals surface area contributed by atoms with E-state index in [-0.39, 0.29) is 24.3 Å². The molecule has 36 heavy (non-hydrogen) atoms. The molecule has 192 valence electrons. The van der Waals surface area contributed by atoms with Crippen LogP contribution in [0.15, 0.2) is 30.6 Å². The number of anilines is 2. The van der Waals surface area contributed by atoms with Crippen molar-refractivity contribution in [1.82, 2.24) is 14.5 Å². The van der Waals surface area contributed by atoms with Crippen molar-refractivity contribution in [2.75, 3.05) is 50.1 Å². The molecule has 0 aliphatic carbocycles. The predicted molar refractivity (Wildman–Crippen MR) is 142 cm³/mol. The van der Waals surface area contributed by atoms with Crippen LogP contribution in [0.3, 0.4) is 0 Å². The molecule has 0 unspecified atom stereocenters. The summed E-state index contributed by atoms with van der Waals surface area (Å²) in [5, 5.41) is 4.27. The third-order valence-electron chi connectivity index (χ3n) is 7.70. The van der Waals surface area contributed by atoms with Gasteiger partial charge < -0.3 is 24.4 Å². The fourth-order valence-corrected chi connectivity index (χ4v) is 5.53. The quantitative estimate of drug-likeness (QED) is 0.388. The minimum absolute atomic E-state index is 0.0192. The number of hydrogen-bond donors (Lipinski definition) is 1. The number of carbonyl (C=O) groups excluding carboxylic acids is 1. The Morgan fingerprint density at radius 3 is 2.72 bits per heavy atom. The van der Waals surface area contributed by atoms with Crippen LogP contribution in [-0.2, 0) is 23.0 Å². The van der Waals surface area contributed by atoms with Crippen LogP contribution in [0, 0.1) is 11.7 Å². The van der Waals surface area contributed by atoms with Crippen LogP contribution in [0.25, 0.3) is 22.2 Å². The summed E-state index contributed by atoms with van der Waals surface area (Å²) < 4.78 is 22.8. The van der Waals surface area contributed by atoms with Gasteiger partial charge in [0.2, 0.25) is 0 Å². The summed E-state index contributed by atoms with van der Waals surface area (Å²) in [5.41, 5.74) is 5.13. The number of likely N-dealkylation sites (tertiary alicyclic amines) is 1. The lowest BCUT2D eigenvalue weighted by molar-refractivity contribution is -0.149. The molecule has 1 N–H and O–H groups in total. The van der Waals surface area contributed by atoms with Gasteiger partial charge in [-0.2, -0.15) is 0 Å². The molecular formula is C28H36FN5O2. The number of likely N-dealkylation sites (N-methyl/N-ethyl adjacent to an activating group) is 1. The molecule has 0 amide bonds. The van der Waals surface area contributed by atoms with E-state index < -0.39 is 0 Å². The van der Waals surface area contributed by atoms with Gasteiger partial charge in [0.15, 0.2) is 0 Å². The zero-order valence-corrected chi connectivity index (χ0v) is 21.7. The second-order valence-electron chi connectivity index (χ2n) is 10.3. The van der Waals surface area contributed by atoms with Crippen LogP contribution in [-0.4, -0.2) is 66.3 Å². The van der Waals surface area contributed by atoms with E-state index in [1.165, 1.54) is 0 Å². The number of nitrogens with one attached hydrogen (secondary N) is 1. The molecule has 1 aromatic carbocycles. The van der Waals surface area contributed by atoms with Crippen LogP contribution in [0.1, 0.15) is 32.3 Å². The number of esters is 1. The summed E-state index contributed by atoms with van der Waals surface area (Å²) in [6, 6.07) is 6.03. The number of hydrogen-bond acceptors (Lipinski definition) is 6. The van der Waals surface area contributed by atoms with Crippen LogP contribution in [0.5, 0.6) is 0 Å². The molecular weight excluding hydrogens is 457 g/mol. The van der Waals surface area contributed by atoms with E-state index in [1.54, 1.807) is 12.3 Å². The van der Waals surface area contributed by atoms with E-state index in [0.29, 0.717) is 18.2 Å². The number of pyridine rings is 1. The highest BCUT2D eigenvalue weighted by molar-refractivity contribution is 6.03. The maximum Gasteiger partial charge on any atom is 0.309 e. The van der Waals surface area contributed by atoms with Crippen molar-refractivity contribution in [3.63, 3.8) is 0 Å². The number of halogens is 1. The highest BCUT2D eigenvalue weighted by Crippen LogP contribution is 2.39. The lowest BCUT2D eigenvalue weighted by Crippen LogP contribution is -2.40. The van der Waals surface area contributed by atoms with Gasteiger partial charge in [-0.15, -0.1) is 0 Å². The normalized spacial score (nSPS) is 16.7. The number of rotatable bonds is 7. The van der Waals surface area contributed by atoms with Gasteiger partial charge in [0.25, 0.3) is 0 Å². The number of aromatic nitrogens is 2. The zero-order chi connectivity index (χ0) is 25.4. The first-order valence-corrected chi connectivity index (χ1v) is 13.0. The molecule has 1 fully saturated rings. The summed E-state index contributed by atoms with van der Waals surface area (Å²) >= 11 is 0. The maximum atomic E-state index is 15.2. The number of benzene rings is 1. The Hall–Kier alpha value is -3.13. The Morgan fingerprint density at radius 2 is 1.97 bits per heavy atom. The number of carbonyl (C=O) groups is 1. The van der Waals surface area contributed by atoms with Crippen LogP contribution in [0.4, 0.5) is 15.8 Å². The fourth-order valence-electron chi connectivity index (χ4n) is 5.53. The number of piperidine rings is 1. The molecule has 0 spiro atoms. The second kappa shape index (κ2) is 10.1. The summed E-state index contributed by atoms with van der Waals surface area (Å²) in [4.78, 5) is 21.7. The van der Waals surface area contributed by atoms with Crippen molar-refractivity contribution >= 4 is 28.4 Å². The molecule has 2 aliphatic heterocycles. The molecule has 8 heteroatoms. The molecule has 7 nitrogen and oxygen atoms in total. The number of nitrogens with zero attached hydrogens (tertiary/aromatic N) is 4. The van der Waals surface area contributed by atoms with Gasteiger partial charge >= 0.3 is 5.97 Å². The molecule has 0 saturated carbocycles. The Balaban J connectivity index is 1.29. The zero-order valence-electron chi connectivity index (χ0n) is 21.7. The van der Waals surface area contributed by atoms with Crippen molar-refractivity contribution in [3.05, 3.63) is 42.0 Å². The van der Waals surface area contributed by atoms with Crippen LogP contribution < -0.4 is 10.2 Å². The van der Waals surface area contributed by atoms with Gasteiger partial charge in [0, 0.05) is 68.1 Å². The molecule has 1 saturated heterocycles. The molecule has 0 radical (unpaired) electrons. The smallest absolute Gasteiger partial charge is 0.309 e. The van der Waals surface area contributed by atoms with Crippen molar-refractivity contribution in [2.45, 2.75) is 39.2 Å². The maximum absolute atomic E-state index is 15.2. The standard InChI is InChI=1S/C28H36FN5O2/c1-18(2)34-12-7-19(8-13-34)28(35)36-14-10-30-24-5-9-31-27-26(24)22(17-33(27)4)21-16-25-20(15-23(21)29)6-11-32(25)3/h5,9,15-19H,6-8,10-14H2,1-4H3,(H,30,31). The second-order valence-corrected chi connectivity index (χ2v) is 10.3. The van der Waals surface area contributed by atoms with Gasteiger partial charge in [-0.05, 0) is 70.0 Å². The first kappa shape index (κ1) is 24.6. The molecule has 0 atom stereocenters. The van der Waals surface area contributed by atoms with E-state index >= 15 is 4.39 Å². The molecule has 2 aromatic heterocycles. The molecule has 3 aromatic rings. The van der Waals surface area contributed by atoms with E-state index in [9.17, 15) is 4.79 Å². The first-order chi connectivity index (χ1) is 17.3. The highest BCUT2D eigenvalue weighted by atomic mass is 19.1. The number of fused-ring (bicyclic) bond motifs is 2. The van der Waals surface area contributed by atoms with Crippen molar-refractivity contribution in [2.24, 2.45) is 13.0 Å². The van der Waals surface area contributed by atoms with E-state index in [1.807, 2.05) is 37.0 Å². The average Bonchev–Trinajstić information content (AvgIpc) is 3.40. The van der Waals surface area contributed by atoms with Gasteiger partial charge in [-0.25, -0.2) is 9.37 Å². The lowest BCUT2D eigenvalue weighted by Gasteiger charge is -2.33. The van der Waals surface area contributed by atoms with E-state index in [2.05, 4.69) is 33.9 Å². The Labute approximate surface area is 212 Å². The van der Waals surface area contributed by atoms with Gasteiger partial charge in [-0.3, -0.25) is 4.79 Å². The third kappa shape index (κ3) is 4.66. The monoisotopic (exact) mass is 493 g/mol. The van der Waals surface area contributed by atoms with Crippen molar-refractivity contribution in [1.29, 1.82) is 0 Å². The first-order valence-electron chi connectivity index (χ1n) is 13.0. The highest BCUT2D eigenvalue weighted by Gasteiger charge is 2.27. The SMILES string of the molecule is CC(C)N1CCC(C(=O)OCCNc2ccnc3c2c(-c2cc4c(cc2F)CCN4C)cn3C)CC1. The van der Waals surface area contributed by atoms with E-state index in [4.69, 9.17) is 4.74 Å². The molecule has 2 aliphatic rings. The molecule has 5 rings (SSSR count). The number of ether oxygens (including phenoxy) is 1. The van der Waals surface area contributed by atoms with Gasteiger partial charge in [-0.1, -0.05) is 0 Å². The Kier molecular flexibility index (Phi) is 6.88. The van der Waals surface area contributed by atoms with Crippen molar-refractivity contribution in [3.8, 4) is 11.1 Å².